The van der Waals surface area contributed by atoms with E-state index in [-0.39, 0.29) is 0 Å². The average Bonchev–Trinajstić information content (AvgIpc) is 3.05. The summed E-state index contributed by atoms with van der Waals surface area (Å²) >= 11 is 12.6. The fourth-order valence-corrected chi connectivity index (χ4v) is 4.17. The zero-order valence-corrected chi connectivity index (χ0v) is 17.3. The van der Waals surface area contributed by atoms with E-state index >= 15 is 0 Å². The quantitative estimate of drug-likeness (QED) is 0.560. The van der Waals surface area contributed by atoms with Gasteiger partial charge in [0, 0.05) is 37.3 Å². The summed E-state index contributed by atoms with van der Waals surface area (Å²) < 4.78 is 0. The third-order valence-electron chi connectivity index (χ3n) is 5.28. The molecule has 4 rings (SSSR count). The normalized spacial score (nSPS) is 15.7. The molecule has 3 aromatic rings. The first kappa shape index (κ1) is 19.4. The molecule has 0 radical (unpaired) electrons. The molecule has 0 atom stereocenters. The van der Waals surface area contributed by atoms with Crippen molar-refractivity contribution < 1.29 is 0 Å². The van der Waals surface area contributed by atoms with Gasteiger partial charge in [-0.25, -0.2) is 0 Å². The molecule has 1 fully saturated rings. The van der Waals surface area contributed by atoms with Crippen LogP contribution in [-0.4, -0.2) is 54.4 Å². The molecule has 1 aliphatic heterocycles. The fourth-order valence-electron chi connectivity index (χ4n) is 3.75. The summed E-state index contributed by atoms with van der Waals surface area (Å²) in [4.78, 5) is 4.89. The smallest absolute Gasteiger partial charge is 0.0825 e. The Morgan fingerprint density at radius 1 is 1.07 bits per heavy atom. The summed E-state index contributed by atoms with van der Waals surface area (Å²) in [6.45, 7) is 6.21. The summed E-state index contributed by atoms with van der Waals surface area (Å²) in [6.07, 6.45) is 4.09. The number of nitrogens with one attached hydrogen (secondary N) is 2. The van der Waals surface area contributed by atoms with Crippen LogP contribution in [-0.2, 0) is 0 Å². The first-order chi connectivity index (χ1) is 13.7. The van der Waals surface area contributed by atoms with Crippen LogP contribution in [0.1, 0.15) is 12.8 Å². The van der Waals surface area contributed by atoms with Crippen molar-refractivity contribution >= 4 is 45.5 Å². The molecule has 1 aromatic heterocycles. The van der Waals surface area contributed by atoms with E-state index in [0.717, 1.165) is 74.4 Å². The van der Waals surface area contributed by atoms with Gasteiger partial charge in [-0.05, 0) is 56.3 Å². The molecule has 0 bridgehead atoms. The highest BCUT2D eigenvalue weighted by molar-refractivity contribution is 6.43. The second-order valence-corrected chi connectivity index (χ2v) is 7.99. The van der Waals surface area contributed by atoms with E-state index in [1.165, 1.54) is 0 Å². The topological polar surface area (TPSA) is 47.2 Å². The molecule has 5 nitrogen and oxygen atoms in total. The van der Waals surface area contributed by atoms with E-state index in [2.05, 4.69) is 49.6 Å². The van der Waals surface area contributed by atoms with E-state index in [1.807, 2.05) is 18.3 Å². The molecule has 2 heterocycles. The van der Waals surface area contributed by atoms with Crippen LogP contribution >= 0.6 is 23.2 Å². The molecular weight excluding hydrogens is 393 g/mol. The van der Waals surface area contributed by atoms with Gasteiger partial charge in [0.15, 0.2) is 0 Å². The van der Waals surface area contributed by atoms with Gasteiger partial charge >= 0.3 is 0 Å². The van der Waals surface area contributed by atoms with Crippen molar-refractivity contribution in [2.24, 2.45) is 0 Å². The lowest BCUT2D eigenvalue weighted by atomic mass is 10.2. The summed E-state index contributed by atoms with van der Waals surface area (Å²) in [6, 6.07) is 12.2. The predicted octanol–water partition coefficient (Wildman–Crippen LogP) is 4.88. The fraction of sp³-hybridized carbons (Fsp3) is 0.381. The van der Waals surface area contributed by atoms with Crippen LogP contribution in [0.3, 0.4) is 0 Å². The maximum atomic E-state index is 6.40. The summed E-state index contributed by atoms with van der Waals surface area (Å²) in [5, 5.41) is 13.0. The van der Waals surface area contributed by atoms with Gasteiger partial charge in [-0.15, -0.1) is 0 Å². The Bertz CT molecular complexity index is 926. The average molecular weight is 418 g/mol. The van der Waals surface area contributed by atoms with Gasteiger partial charge in [0.05, 0.1) is 27.4 Å². The van der Waals surface area contributed by atoms with Gasteiger partial charge in [0.1, 0.15) is 0 Å². The molecule has 0 amide bonds. The minimum Gasteiger partial charge on any atom is -0.385 e. The van der Waals surface area contributed by atoms with Gasteiger partial charge in [-0.2, -0.15) is 5.10 Å². The zero-order valence-electron chi connectivity index (χ0n) is 15.8. The van der Waals surface area contributed by atoms with Gasteiger partial charge in [0.25, 0.3) is 0 Å². The Labute approximate surface area is 175 Å². The van der Waals surface area contributed by atoms with E-state index in [9.17, 15) is 0 Å². The highest BCUT2D eigenvalue weighted by Crippen LogP contribution is 2.32. The van der Waals surface area contributed by atoms with Crippen molar-refractivity contribution in [3.05, 3.63) is 52.6 Å². The van der Waals surface area contributed by atoms with Crippen LogP contribution in [0.15, 0.2) is 42.6 Å². The lowest BCUT2D eigenvalue weighted by Gasteiger charge is -2.25. The molecule has 2 N–H and O–H groups in total. The zero-order chi connectivity index (χ0) is 19.3. The number of H-pyrrole nitrogens is 1. The summed E-state index contributed by atoms with van der Waals surface area (Å²) in [5.41, 5.74) is 3.25. The number of hydrogen-bond donors (Lipinski definition) is 2. The number of benzene rings is 2. The molecule has 1 aliphatic rings. The van der Waals surface area contributed by atoms with Crippen LogP contribution < -0.4 is 10.2 Å². The molecule has 0 spiro atoms. The second kappa shape index (κ2) is 9.03. The maximum absolute atomic E-state index is 6.40. The molecule has 148 valence electrons. The van der Waals surface area contributed by atoms with Gasteiger partial charge in [0.2, 0.25) is 0 Å². The third-order valence-corrected chi connectivity index (χ3v) is 6.09. The Balaban J connectivity index is 1.24. The van der Waals surface area contributed by atoms with Crippen molar-refractivity contribution in [3.8, 4) is 0 Å². The van der Waals surface area contributed by atoms with E-state index in [0.29, 0.717) is 10.0 Å². The number of hydrogen-bond acceptors (Lipinski definition) is 4. The van der Waals surface area contributed by atoms with Crippen molar-refractivity contribution in [1.82, 2.24) is 15.1 Å². The van der Waals surface area contributed by atoms with Crippen LogP contribution in [0.4, 0.5) is 11.4 Å². The van der Waals surface area contributed by atoms with E-state index in [1.54, 1.807) is 0 Å². The molecule has 7 heteroatoms. The lowest BCUT2D eigenvalue weighted by molar-refractivity contribution is 0.292. The van der Waals surface area contributed by atoms with Crippen LogP contribution in [0.5, 0.6) is 0 Å². The SMILES string of the molecule is Clc1cccc(N2CCCN(CCCNc3ccc4cn[nH]c4c3)CC2)c1Cl. The number of anilines is 2. The van der Waals surface area contributed by atoms with Gasteiger partial charge in [-0.3, -0.25) is 5.10 Å². The van der Waals surface area contributed by atoms with E-state index < -0.39 is 0 Å². The monoisotopic (exact) mass is 417 g/mol. The van der Waals surface area contributed by atoms with Crippen molar-refractivity contribution in [3.63, 3.8) is 0 Å². The van der Waals surface area contributed by atoms with Crippen LogP contribution in [0.2, 0.25) is 10.0 Å². The highest BCUT2D eigenvalue weighted by atomic mass is 35.5. The minimum absolute atomic E-state index is 0.625. The summed E-state index contributed by atoms with van der Waals surface area (Å²) in [7, 11) is 0. The highest BCUT2D eigenvalue weighted by Gasteiger charge is 2.17. The van der Waals surface area contributed by atoms with Crippen LogP contribution in [0.25, 0.3) is 10.9 Å². The Morgan fingerprint density at radius 3 is 2.93 bits per heavy atom. The lowest BCUT2D eigenvalue weighted by Crippen LogP contribution is -2.32. The number of aromatic nitrogens is 2. The molecular formula is C21H25Cl2N5. The number of fused-ring (bicyclic) bond motifs is 1. The van der Waals surface area contributed by atoms with Crippen LogP contribution in [0, 0.1) is 0 Å². The Morgan fingerprint density at radius 2 is 2.00 bits per heavy atom. The number of rotatable bonds is 6. The molecule has 0 aliphatic carbocycles. The number of aromatic amines is 1. The van der Waals surface area contributed by atoms with Crippen molar-refractivity contribution in [2.45, 2.75) is 12.8 Å². The molecule has 1 saturated heterocycles. The van der Waals surface area contributed by atoms with Gasteiger partial charge < -0.3 is 15.1 Å². The maximum Gasteiger partial charge on any atom is 0.0825 e. The molecule has 28 heavy (non-hydrogen) atoms. The second-order valence-electron chi connectivity index (χ2n) is 7.21. The standard InChI is InChI=1S/C21H25Cl2N5/c22-18-4-1-5-20(21(18)23)28-11-3-10-27(12-13-28)9-2-8-24-17-7-6-16-15-25-26-19(16)14-17/h1,4-7,14-15,24H,2-3,8-13H2,(H,25,26). The minimum atomic E-state index is 0.625. The third kappa shape index (κ3) is 4.54. The van der Waals surface area contributed by atoms with E-state index in [4.69, 9.17) is 23.2 Å². The first-order valence-electron chi connectivity index (χ1n) is 9.79. The van der Waals surface area contributed by atoms with Crippen molar-refractivity contribution in [2.75, 3.05) is 49.5 Å². The Kier molecular flexibility index (Phi) is 6.25. The predicted molar refractivity (Wildman–Crippen MR) is 119 cm³/mol. The molecule has 0 saturated carbocycles. The molecule has 2 aromatic carbocycles. The Hall–Kier alpha value is -1.95. The first-order valence-corrected chi connectivity index (χ1v) is 10.5. The molecule has 0 unspecified atom stereocenters. The summed E-state index contributed by atoms with van der Waals surface area (Å²) in [5.74, 6) is 0. The largest absolute Gasteiger partial charge is 0.385 e. The number of halogens is 2. The number of nitrogens with zero attached hydrogens (tertiary/aromatic N) is 3. The van der Waals surface area contributed by atoms with Crippen molar-refractivity contribution in [1.29, 1.82) is 0 Å². The van der Waals surface area contributed by atoms with Gasteiger partial charge in [-0.1, -0.05) is 29.3 Å².